The molecule has 3 saturated carbocycles. The van der Waals surface area contributed by atoms with Crippen LogP contribution in [0, 0.1) is 23.2 Å². The number of hydrogen-bond donors (Lipinski definition) is 1. The molecular weight excluding hydrogens is 238 g/mol. The predicted octanol–water partition coefficient (Wildman–Crippen LogP) is 3.03. The van der Waals surface area contributed by atoms with E-state index in [1.54, 1.807) is 6.92 Å². The molecule has 4 heteroatoms. The molecule has 3 rings (SSSR count). The molecule has 4 unspecified atom stereocenters. The number of carbonyl (C=O) groups excluding carboxylic acids is 1. The average Bonchev–Trinajstić information content (AvgIpc) is 2.17. The molecule has 3 aliphatic rings. The van der Waals surface area contributed by atoms with Gasteiger partial charge >= 0.3 is 5.92 Å². The second kappa shape index (κ2) is 3.75. The third-order valence-corrected chi connectivity index (χ3v) is 5.49. The minimum Gasteiger partial charge on any atom is -0.390 e. The first kappa shape index (κ1) is 13.9. The van der Waals surface area contributed by atoms with Crippen LogP contribution in [0.4, 0.5) is 8.78 Å². The van der Waals surface area contributed by atoms with Crippen LogP contribution >= 0.6 is 0 Å². The van der Waals surface area contributed by atoms with E-state index in [0.717, 1.165) is 6.42 Å². The molecular formula is C14H22F2O2. The van der Waals surface area contributed by atoms with E-state index >= 15 is 0 Å². The van der Waals surface area contributed by atoms with Crippen LogP contribution in [0.2, 0.25) is 0 Å². The van der Waals surface area contributed by atoms with Gasteiger partial charge in [0.2, 0.25) is 5.78 Å². The van der Waals surface area contributed by atoms with Crippen molar-refractivity contribution in [3.8, 4) is 0 Å². The third kappa shape index (κ3) is 1.89. The fraction of sp³-hybridized carbons (Fsp3) is 0.929. The molecule has 2 bridgehead atoms. The zero-order chi connectivity index (χ0) is 13.9. The number of fused-ring (bicyclic) bond motifs is 2. The van der Waals surface area contributed by atoms with E-state index in [9.17, 15) is 18.7 Å². The first-order chi connectivity index (χ1) is 7.97. The summed E-state index contributed by atoms with van der Waals surface area (Å²) < 4.78 is 25.9. The summed E-state index contributed by atoms with van der Waals surface area (Å²) in [6.45, 7) is 6.58. The van der Waals surface area contributed by atoms with Crippen molar-refractivity contribution >= 4 is 5.78 Å². The molecule has 104 valence electrons. The van der Waals surface area contributed by atoms with Crippen LogP contribution in [0.5, 0.6) is 0 Å². The molecule has 3 fully saturated rings. The number of aliphatic hydroxyl groups is 1. The average molecular weight is 260 g/mol. The molecule has 2 nitrogen and oxygen atoms in total. The number of Topliss-reactive ketones (excluding diaryl/α,β-unsaturated/α-hetero) is 1. The molecule has 1 N–H and O–H groups in total. The topological polar surface area (TPSA) is 37.3 Å². The van der Waals surface area contributed by atoms with Gasteiger partial charge in [0, 0.05) is 13.3 Å². The van der Waals surface area contributed by atoms with Gasteiger partial charge in [0.15, 0.2) is 0 Å². The molecule has 0 spiro atoms. The Labute approximate surface area is 107 Å². The summed E-state index contributed by atoms with van der Waals surface area (Å²) >= 11 is 0. The molecule has 0 radical (unpaired) electrons. The molecule has 3 aliphatic carbocycles. The number of rotatable bonds is 3. The number of carbonyl (C=O) groups is 1. The van der Waals surface area contributed by atoms with Crippen molar-refractivity contribution < 1.29 is 18.7 Å². The molecule has 4 atom stereocenters. The van der Waals surface area contributed by atoms with E-state index in [2.05, 4.69) is 13.8 Å². The van der Waals surface area contributed by atoms with Gasteiger partial charge in [0.1, 0.15) is 0 Å². The van der Waals surface area contributed by atoms with Crippen molar-refractivity contribution in [2.24, 2.45) is 23.2 Å². The Morgan fingerprint density at radius 2 is 1.89 bits per heavy atom. The second-order valence-electron chi connectivity index (χ2n) is 6.98. The van der Waals surface area contributed by atoms with Gasteiger partial charge in [-0.3, -0.25) is 4.79 Å². The van der Waals surface area contributed by atoms with E-state index in [4.69, 9.17) is 0 Å². The lowest BCUT2D eigenvalue weighted by molar-refractivity contribution is -0.226. The summed E-state index contributed by atoms with van der Waals surface area (Å²) in [4.78, 5) is 11.4. The van der Waals surface area contributed by atoms with Crippen molar-refractivity contribution in [3.05, 3.63) is 0 Å². The zero-order valence-corrected chi connectivity index (χ0v) is 11.5. The smallest absolute Gasteiger partial charge is 0.302 e. The summed E-state index contributed by atoms with van der Waals surface area (Å²) in [5.41, 5.74) is -0.934. The highest BCUT2D eigenvalue weighted by atomic mass is 19.3. The van der Waals surface area contributed by atoms with Gasteiger partial charge in [-0.25, -0.2) is 0 Å². The van der Waals surface area contributed by atoms with E-state index in [1.807, 2.05) is 0 Å². The summed E-state index contributed by atoms with van der Waals surface area (Å²) in [6.07, 6.45) is 1.42. The monoisotopic (exact) mass is 260 g/mol. The van der Waals surface area contributed by atoms with Gasteiger partial charge in [-0.1, -0.05) is 13.8 Å². The maximum absolute atomic E-state index is 13.0. The van der Waals surface area contributed by atoms with Crippen molar-refractivity contribution in [3.63, 3.8) is 0 Å². The first-order valence-electron chi connectivity index (χ1n) is 6.61. The second-order valence-corrected chi connectivity index (χ2v) is 6.98. The highest BCUT2D eigenvalue weighted by Crippen LogP contribution is 2.65. The Hall–Kier alpha value is -0.510. The predicted molar refractivity (Wildman–Crippen MR) is 64.4 cm³/mol. The molecule has 18 heavy (non-hydrogen) atoms. The Balaban J connectivity index is 2.11. The van der Waals surface area contributed by atoms with Crippen LogP contribution in [0.15, 0.2) is 0 Å². The normalized spacial score (nSPS) is 42.3. The summed E-state index contributed by atoms with van der Waals surface area (Å²) in [5, 5.41) is 10.6. The quantitative estimate of drug-likeness (QED) is 0.847. The van der Waals surface area contributed by atoms with Crippen LogP contribution in [0.3, 0.4) is 0 Å². The maximum atomic E-state index is 13.0. The lowest BCUT2D eigenvalue weighted by Gasteiger charge is -2.65. The Bertz CT molecular complexity index is 368. The minimum absolute atomic E-state index is 0.0672. The third-order valence-electron chi connectivity index (χ3n) is 5.49. The van der Waals surface area contributed by atoms with Crippen molar-refractivity contribution in [1.29, 1.82) is 0 Å². The molecule has 0 aromatic rings. The highest BCUT2D eigenvalue weighted by molar-refractivity contribution is 5.85. The van der Waals surface area contributed by atoms with Crippen molar-refractivity contribution in [2.75, 3.05) is 0 Å². The van der Waals surface area contributed by atoms with Crippen molar-refractivity contribution in [2.45, 2.75) is 58.5 Å². The number of halogens is 2. The Morgan fingerprint density at radius 1 is 1.33 bits per heavy atom. The largest absolute Gasteiger partial charge is 0.390 e. The lowest BCUT2D eigenvalue weighted by atomic mass is 9.41. The minimum atomic E-state index is -3.28. The number of ketones is 1. The molecule has 0 heterocycles. The van der Waals surface area contributed by atoms with E-state index in [0.29, 0.717) is 19.3 Å². The van der Waals surface area contributed by atoms with Crippen LogP contribution < -0.4 is 0 Å². The molecule has 0 amide bonds. The van der Waals surface area contributed by atoms with Gasteiger partial charge in [-0.05, 0) is 42.9 Å². The van der Waals surface area contributed by atoms with Gasteiger partial charge in [-0.2, -0.15) is 8.78 Å². The lowest BCUT2D eigenvalue weighted by Crippen LogP contribution is -2.64. The Morgan fingerprint density at radius 3 is 2.28 bits per heavy atom. The molecule has 0 saturated heterocycles. The Kier molecular flexibility index (Phi) is 2.90. The SMILES string of the molecule is CC(F)(F)C(=O)CC1CC2CC(C2(C)C)C1(C)O. The zero-order valence-electron chi connectivity index (χ0n) is 11.5. The fourth-order valence-corrected chi connectivity index (χ4v) is 3.97. The van der Waals surface area contributed by atoms with Crippen LogP contribution in [0.1, 0.15) is 47.0 Å². The molecule has 0 aliphatic heterocycles. The number of hydrogen-bond acceptors (Lipinski definition) is 2. The standard InChI is InChI=1S/C14H22F2O2/c1-12(2)8-5-9(7-11(17)14(4,15)16)13(3,18)10(12)6-8/h8-10,18H,5-7H2,1-4H3. The van der Waals surface area contributed by atoms with Gasteiger partial charge < -0.3 is 5.11 Å². The maximum Gasteiger partial charge on any atom is 0.302 e. The summed E-state index contributed by atoms with van der Waals surface area (Å²) in [5.74, 6) is -4.09. The highest BCUT2D eigenvalue weighted by Gasteiger charge is 2.63. The first-order valence-corrected chi connectivity index (χ1v) is 6.61. The summed E-state index contributed by atoms with van der Waals surface area (Å²) in [7, 11) is 0. The van der Waals surface area contributed by atoms with Gasteiger partial charge in [-0.15, -0.1) is 0 Å². The fourth-order valence-electron chi connectivity index (χ4n) is 3.97. The van der Waals surface area contributed by atoms with Crippen molar-refractivity contribution in [1.82, 2.24) is 0 Å². The van der Waals surface area contributed by atoms with E-state index in [1.165, 1.54) is 0 Å². The molecule has 0 aromatic heterocycles. The van der Waals surface area contributed by atoms with E-state index in [-0.39, 0.29) is 23.7 Å². The van der Waals surface area contributed by atoms with Crippen LogP contribution in [0.25, 0.3) is 0 Å². The van der Waals surface area contributed by atoms with Gasteiger partial charge in [0.25, 0.3) is 0 Å². The van der Waals surface area contributed by atoms with Crippen LogP contribution in [-0.4, -0.2) is 22.4 Å². The molecule has 0 aromatic carbocycles. The van der Waals surface area contributed by atoms with Crippen LogP contribution in [-0.2, 0) is 4.79 Å². The van der Waals surface area contributed by atoms with Gasteiger partial charge in [0.05, 0.1) is 5.60 Å². The summed E-state index contributed by atoms with van der Waals surface area (Å²) in [6, 6.07) is 0. The van der Waals surface area contributed by atoms with E-state index < -0.39 is 17.3 Å². The number of alkyl halides is 2.